The van der Waals surface area contributed by atoms with Crippen molar-refractivity contribution in [3.8, 4) is 22.3 Å². The summed E-state index contributed by atoms with van der Waals surface area (Å²) in [6.45, 7) is 0. The minimum absolute atomic E-state index is 1.27. The highest BCUT2D eigenvalue weighted by Crippen LogP contribution is 2.49. The lowest BCUT2D eigenvalue weighted by Gasteiger charge is -2.18. The van der Waals surface area contributed by atoms with Crippen LogP contribution in [-0.2, 0) is 0 Å². The highest BCUT2D eigenvalue weighted by atomic mass is 32.1. The van der Waals surface area contributed by atoms with Gasteiger partial charge >= 0.3 is 0 Å². The molecule has 2 aromatic heterocycles. The minimum Gasteiger partial charge on any atom is -0.142 e. The fourth-order valence-electron chi connectivity index (χ4n) is 6.65. The second-order valence-corrected chi connectivity index (χ2v) is 12.4. The van der Waals surface area contributed by atoms with Gasteiger partial charge in [0.05, 0.1) is 0 Å². The van der Waals surface area contributed by atoms with Gasteiger partial charge in [0.1, 0.15) is 0 Å². The molecule has 0 unspecified atom stereocenters. The molecule has 0 aliphatic rings. The first-order valence-corrected chi connectivity index (χ1v) is 15.3. The summed E-state index contributed by atoms with van der Waals surface area (Å²) in [4.78, 5) is 0. The zero-order chi connectivity index (χ0) is 26.2. The third-order valence-corrected chi connectivity index (χ3v) is 10.5. The van der Waals surface area contributed by atoms with Gasteiger partial charge in [0.2, 0.25) is 0 Å². The monoisotopic (exact) mass is 542 g/mol. The van der Waals surface area contributed by atoms with Crippen molar-refractivity contribution >= 4 is 85.2 Å². The van der Waals surface area contributed by atoms with Gasteiger partial charge in [-0.1, -0.05) is 115 Å². The van der Waals surface area contributed by atoms with Crippen LogP contribution in [0.4, 0.5) is 0 Å². The molecule has 0 amide bonds. The summed E-state index contributed by atoms with van der Waals surface area (Å²) >= 11 is 3.78. The molecule has 0 spiro atoms. The Labute approximate surface area is 239 Å². The van der Waals surface area contributed by atoms with Crippen LogP contribution < -0.4 is 0 Å². The predicted molar refractivity (Wildman–Crippen MR) is 178 cm³/mol. The summed E-state index contributed by atoms with van der Waals surface area (Å²) in [5.41, 5.74) is 5.27. The molecule has 40 heavy (non-hydrogen) atoms. The molecule has 0 N–H and O–H groups in total. The molecule has 0 radical (unpaired) electrons. The van der Waals surface area contributed by atoms with E-state index in [1.807, 2.05) is 22.7 Å². The Morgan fingerprint density at radius 2 is 0.950 bits per heavy atom. The molecule has 0 saturated heterocycles. The number of fused-ring (bicyclic) bond motifs is 8. The first kappa shape index (κ1) is 22.3. The van der Waals surface area contributed by atoms with Crippen LogP contribution in [0.3, 0.4) is 0 Å². The van der Waals surface area contributed by atoms with Crippen molar-refractivity contribution in [2.75, 3.05) is 0 Å². The maximum Gasteiger partial charge on any atom is 0.0442 e. The van der Waals surface area contributed by atoms with Crippen molar-refractivity contribution in [1.82, 2.24) is 0 Å². The van der Waals surface area contributed by atoms with E-state index < -0.39 is 0 Å². The van der Waals surface area contributed by atoms with E-state index in [4.69, 9.17) is 0 Å². The lowest BCUT2D eigenvalue weighted by atomic mass is 9.84. The lowest BCUT2D eigenvalue weighted by Crippen LogP contribution is -1.91. The van der Waals surface area contributed by atoms with Crippen molar-refractivity contribution < 1.29 is 0 Å². The summed E-state index contributed by atoms with van der Waals surface area (Å²) in [5.74, 6) is 0. The largest absolute Gasteiger partial charge is 0.142 e. The molecule has 186 valence electrons. The first-order chi connectivity index (χ1) is 19.9. The molecule has 2 heterocycles. The molecular formula is C38H22S2. The highest BCUT2D eigenvalue weighted by Gasteiger charge is 2.20. The van der Waals surface area contributed by atoms with Gasteiger partial charge in [0, 0.05) is 35.8 Å². The summed E-state index contributed by atoms with van der Waals surface area (Å²) in [6.07, 6.45) is 0. The summed E-state index contributed by atoms with van der Waals surface area (Å²) in [6, 6.07) is 46.9. The fourth-order valence-corrected chi connectivity index (χ4v) is 8.95. The smallest absolute Gasteiger partial charge is 0.0442 e. The number of rotatable bonds is 2. The zero-order valence-electron chi connectivity index (χ0n) is 21.5. The number of hydrogen-bond donors (Lipinski definition) is 0. The number of hydrogen-bond acceptors (Lipinski definition) is 2. The molecule has 0 atom stereocenters. The Balaban J connectivity index is 1.43. The summed E-state index contributed by atoms with van der Waals surface area (Å²) in [5, 5.41) is 14.3. The van der Waals surface area contributed by atoms with E-state index in [-0.39, 0.29) is 0 Å². The Morgan fingerprint density at radius 3 is 1.68 bits per heavy atom. The first-order valence-electron chi connectivity index (χ1n) is 13.6. The molecule has 9 aromatic rings. The van der Waals surface area contributed by atoms with Gasteiger partial charge in [-0.15, -0.1) is 22.7 Å². The van der Waals surface area contributed by atoms with E-state index in [1.54, 1.807) is 0 Å². The normalized spacial score (nSPS) is 12.0. The van der Waals surface area contributed by atoms with Crippen LogP contribution in [0.2, 0.25) is 0 Å². The van der Waals surface area contributed by atoms with Gasteiger partial charge in [0.25, 0.3) is 0 Å². The molecule has 0 nitrogen and oxygen atoms in total. The maximum absolute atomic E-state index is 2.39. The standard InChI is InChI=1S/C38H22S2/c1-2-12-24-23(10-1)11-9-18-25(24)35-26-13-3-5-15-28(26)36(29-16-6-4-14-27(29)35)32-22-39-38-30(32)20-21-34-37(38)31-17-7-8-19-33(31)40-34/h1-22H. The average molecular weight is 543 g/mol. The Bertz CT molecular complexity index is 2370. The quantitative estimate of drug-likeness (QED) is 0.191. The van der Waals surface area contributed by atoms with E-state index >= 15 is 0 Å². The topological polar surface area (TPSA) is 0 Å². The van der Waals surface area contributed by atoms with Gasteiger partial charge < -0.3 is 0 Å². The molecular weight excluding hydrogens is 521 g/mol. The van der Waals surface area contributed by atoms with Gasteiger partial charge in [-0.3, -0.25) is 0 Å². The van der Waals surface area contributed by atoms with Crippen LogP contribution in [0.5, 0.6) is 0 Å². The summed E-state index contributed by atoms with van der Waals surface area (Å²) < 4.78 is 4.11. The third kappa shape index (κ3) is 3.06. The average Bonchev–Trinajstić information content (AvgIpc) is 3.61. The molecule has 0 bridgehead atoms. The SMILES string of the molecule is c1ccc2c(-c3c4ccccc4c(-c4csc5c4ccc4sc6ccccc6c45)c4ccccc34)cccc2c1. The Hall–Kier alpha value is -4.50. The second-order valence-electron chi connectivity index (χ2n) is 10.4. The fraction of sp³-hybridized carbons (Fsp3) is 0. The van der Waals surface area contributed by atoms with Gasteiger partial charge in [-0.2, -0.15) is 0 Å². The van der Waals surface area contributed by atoms with Crippen molar-refractivity contribution in [1.29, 1.82) is 0 Å². The lowest BCUT2D eigenvalue weighted by molar-refractivity contribution is 1.70. The summed E-state index contributed by atoms with van der Waals surface area (Å²) in [7, 11) is 0. The maximum atomic E-state index is 2.39. The van der Waals surface area contributed by atoms with Crippen LogP contribution in [-0.4, -0.2) is 0 Å². The molecule has 0 aliphatic heterocycles. The predicted octanol–water partition coefficient (Wildman–Crippen LogP) is 12.1. The van der Waals surface area contributed by atoms with E-state index in [2.05, 4.69) is 133 Å². The van der Waals surface area contributed by atoms with Crippen molar-refractivity contribution in [3.05, 3.63) is 133 Å². The Morgan fingerprint density at radius 1 is 0.375 bits per heavy atom. The molecule has 9 rings (SSSR count). The van der Waals surface area contributed by atoms with E-state index in [1.165, 1.54) is 84.8 Å². The van der Waals surface area contributed by atoms with E-state index in [9.17, 15) is 0 Å². The zero-order valence-corrected chi connectivity index (χ0v) is 23.2. The van der Waals surface area contributed by atoms with Crippen LogP contribution in [0, 0.1) is 0 Å². The van der Waals surface area contributed by atoms with Crippen LogP contribution in [0.25, 0.3) is 84.8 Å². The number of thiophene rings is 2. The van der Waals surface area contributed by atoms with Crippen LogP contribution >= 0.6 is 22.7 Å². The van der Waals surface area contributed by atoms with E-state index in [0.29, 0.717) is 0 Å². The molecule has 0 aliphatic carbocycles. The van der Waals surface area contributed by atoms with Gasteiger partial charge in [-0.05, 0) is 66.5 Å². The molecule has 0 saturated carbocycles. The Kier molecular flexibility index (Phi) is 4.74. The minimum atomic E-state index is 1.27. The van der Waals surface area contributed by atoms with Crippen molar-refractivity contribution in [3.63, 3.8) is 0 Å². The van der Waals surface area contributed by atoms with Crippen LogP contribution in [0.15, 0.2) is 133 Å². The van der Waals surface area contributed by atoms with Crippen molar-refractivity contribution in [2.45, 2.75) is 0 Å². The van der Waals surface area contributed by atoms with Gasteiger partial charge in [0.15, 0.2) is 0 Å². The number of benzene rings is 7. The molecule has 7 aromatic carbocycles. The van der Waals surface area contributed by atoms with Gasteiger partial charge in [-0.25, -0.2) is 0 Å². The van der Waals surface area contributed by atoms with Crippen LogP contribution in [0.1, 0.15) is 0 Å². The van der Waals surface area contributed by atoms with Crippen molar-refractivity contribution in [2.24, 2.45) is 0 Å². The molecule has 2 heteroatoms. The highest BCUT2D eigenvalue weighted by molar-refractivity contribution is 7.27. The second kappa shape index (κ2) is 8.50. The van der Waals surface area contributed by atoms with E-state index in [0.717, 1.165) is 0 Å². The third-order valence-electron chi connectivity index (χ3n) is 8.34. The molecule has 0 fully saturated rings.